The van der Waals surface area contributed by atoms with E-state index in [-0.39, 0.29) is 41.8 Å². The van der Waals surface area contributed by atoms with E-state index in [1.165, 1.54) is 0 Å². The molecule has 5 fully saturated rings. The molecule has 2 aromatic heterocycles. The molecule has 0 N–H and O–H groups in total. The number of rotatable bonds is 8. The summed E-state index contributed by atoms with van der Waals surface area (Å²) in [6, 6.07) is 11.2. The lowest BCUT2D eigenvalue weighted by Gasteiger charge is -2.41. The summed E-state index contributed by atoms with van der Waals surface area (Å²) >= 11 is 6.66. The van der Waals surface area contributed by atoms with Crippen LogP contribution in [0.2, 0.25) is 5.02 Å². The molecule has 0 aliphatic carbocycles. The molecule has 0 spiro atoms. The van der Waals surface area contributed by atoms with Gasteiger partial charge in [0.05, 0.1) is 24.1 Å². The second-order valence-electron chi connectivity index (χ2n) is 14.9. The van der Waals surface area contributed by atoms with Crippen molar-refractivity contribution in [1.29, 1.82) is 0 Å². The molecule has 52 heavy (non-hydrogen) atoms. The molecule has 5 aliphatic heterocycles. The predicted octanol–water partition coefficient (Wildman–Crippen LogP) is 5.66. The Morgan fingerprint density at radius 3 is 2.65 bits per heavy atom. The zero-order chi connectivity index (χ0) is 35.4. The Hall–Kier alpha value is -3.97. The maximum absolute atomic E-state index is 17.0. The van der Waals surface area contributed by atoms with Crippen LogP contribution in [0.3, 0.4) is 0 Å². The molecule has 0 radical (unpaired) electrons. The number of aromatic nitrogens is 3. The van der Waals surface area contributed by atoms with Gasteiger partial charge in [0.15, 0.2) is 5.82 Å². The predicted molar refractivity (Wildman–Crippen MR) is 196 cm³/mol. The van der Waals surface area contributed by atoms with Crippen molar-refractivity contribution >= 4 is 45.0 Å². The SMILES string of the molecule is O=C(/C=C/CN1CCOCC1)N1C[C@H]2CC[C@@H](C1)N2c1nc(OC[C@@]23CCCN2C[C@H](F)C3)nc2c(F)c(-c3cccc4cccc(Cl)c34)ncc12. The second-order valence-corrected chi connectivity index (χ2v) is 15.3. The van der Waals surface area contributed by atoms with Crippen LogP contribution in [0.15, 0.2) is 54.7 Å². The summed E-state index contributed by atoms with van der Waals surface area (Å²) in [6.45, 7) is 6.38. The lowest BCUT2D eigenvalue weighted by Crippen LogP contribution is -2.55. The first kappa shape index (κ1) is 33.8. The van der Waals surface area contributed by atoms with Gasteiger partial charge in [-0.25, -0.2) is 8.78 Å². The summed E-state index contributed by atoms with van der Waals surface area (Å²) in [5, 5.41) is 2.57. The van der Waals surface area contributed by atoms with Crippen molar-refractivity contribution in [3.05, 3.63) is 65.6 Å². The lowest BCUT2D eigenvalue weighted by molar-refractivity contribution is -0.127. The Morgan fingerprint density at radius 1 is 1.06 bits per heavy atom. The Bertz CT molecular complexity index is 2030. The molecule has 2 aromatic carbocycles. The third-order valence-corrected chi connectivity index (χ3v) is 12.1. The summed E-state index contributed by atoms with van der Waals surface area (Å²) in [5.74, 6) is -0.0437. The molecule has 13 heteroatoms. The third-order valence-electron chi connectivity index (χ3n) is 11.7. The van der Waals surface area contributed by atoms with Gasteiger partial charge in [0.25, 0.3) is 0 Å². The highest BCUT2D eigenvalue weighted by molar-refractivity contribution is 6.36. The molecule has 0 saturated carbocycles. The number of alkyl halides is 1. The first-order chi connectivity index (χ1) is 25.4. The first-order valence-electron chi connectivity index (χ1n) is 18.5. The van der Waals surface area contributed by atoms with E-state index in [9.17, 15) is 9.18 Å². The number of nitrogens with zero attached hydrogens (tertiary/aromatic N) is 7. The van der Waals surface area contributed by atoms with Crippen LogP contribution in [0, 0.1) is 5.82 Å². The number of amides is 1. The maximum atomic E-state index is 17.0. The standard InChI is InChI=1S/C39H42ClF2N7O3/c40-31-8-2-6-25-5-1-7-29(33(25)31)35-34(42)36-30(20-43-35)37(45-38(44-36)52-24-39-12-4-14-48(39)21-26(41)19-39)49-27-10-11-28(49)23-47(22-27)32(50)9-3-13-46-15-17-51-18-16-46/h1-3,5-9,20,26-28H,4,10-19,21-24H2/b9-3+/t26-,27-,28+,39+/m1/s1. The van der Waals surface area contributed by atoms with E-state index in [4.69, 9.17) is 26.1 Å². The van der Waals surface area contributed by atoms with E-state index >= 15 is 4.39 Å². The molecule has 0 unspecified atom stereocenters. The zero-order valence-electron chi connectivity index (χ0n) is 29.0. The number of likely N-dealkylation sites (tertiary alicyclic amines) is 1. The largest absolute Gasteiger partial charge is 0.461 e. The highest BCUT2D eigenvalue weighted by atomic mass is 35.5. The molecular formula is C39H42ClF2N7O3. The van der Waals surface area contributed by atoms with Crippen LogP contribution < -0.4 is 9.64 Å². The summed E-state index contributed by atoms with van der Waals surface area (Å²) in [6.07, 6.45) is 8.32. The third kappa shape index (κ3) is 6.07. The van der Waals surface area contributed by atoms with Gasteiger partial charge >= 0.3 is 6.01 Å². The van der Waals surface area contributed by atoms with Crippen molar-refractivity contribution in [3.8, 4) is 17.3 Å². The Morgan fingerprint density at radius 2 is 1.85 bits per heavy atom. The van der Waals surface area contributed by atoms with Crippen molar-refractivity contribution < 1.29 is 23.0 Å². The number of fused-ring (bicyclic) bond motifs is 5. The van der Waals surface area contributed by atoms with Crippen molar-refractivity contribution in [2.75, 3.05) is 70.5 Å². The average molecular weight is 730 g/mol. The molecule has 7 heterocycles. The minimum Gasteiger partial charge on any atom is -0.461 e. The molecule has 10 nitrogen and oxygen atoms in total. The van der Waals surface area contributed by atoms with Gasteiger partial charge in [-0.15, -0.1) is 0 Å². The molecule has 5 aliphatic rings. The normalized spacial score (nSPS) is 26.6. The molecule has 9 rings (SSSR count). The number of morpholine rings is 1. The molecule has 5 saturated heterocycles. The summed E-state index contributed by atoms with van der Waals surface area (Å²) < 4.78 is 43.4. The second kappa shape index (κ2) is 13.8. The van der Waals surface area contributed by atoms with Crippen molar-refractivity contribution in [2.24, 2.45) is 0 Å². The van der Waals surface area contributed by atoms with E-state index in [2.05, 4.69) is 24.7 Å². The van der Waals surface area contributed by atoms with E-state index in [0.717, 1.165) is 50.7 Å². The van der Waals surface area contributed by atoms with Crippen LogP contribution in [0.25, 0.3) is 32.9 Å². The number of carbonyl (C=O) groups is 1. The van der Waals surface area contributed by atoms with E-state index < -0.39 is 17.5 Å². The summed E-state index contributed by atoms with van der Waals surface area (Å²) in [7, 11) is 0. The fourth-order valence-corrected chi connectivity index (χ4v) is 9.52. The Labute approximate surface area is 306 Å². The van der Waals surface area contributed by atoms with Gasteiger partial charge in [-0.1, -0.05) is 48.0 Å². The monoisotopic (exact) mass is 729 g/mol. The minimum atomic E-state index is -0.903. The number of hydrogen-bond acceptors (Lipinski definition) is 9. The minimum absolute atomic E-state index is 0.00409. The van der Waals surface area contributed by atoms with Crippen LogP contribution in [0.4, 0.5) is 14.6 Å². The molecule has 2 bridgehead atoms. The van der Waals surface area contributed by atoms with Crippen LogP contribution >= 0.6 is 11.6 Å². The molecule has 1 amide bonds. The number of ether oxygens (including phenoxy) is 2. The van der Waals surface area contributed by atoms with Gasteiger partial charge < -0.3 is 19.3 Å². The van der Waals surface area contributed by atoms with Crippen LogP contribution in [-0.2, 0) is 9.53 Å². The van der Waals surface area contributed by atoms with E-state index in [1.807, 2.05) is 41.3 Å². The van der Waals surface area contributed by atoms with Crippen molar-refractivity contribution in [1.82, 2.24) is 29.7 Å². The van der Waals surface area contributed by atoms with E-state index in [1.54, 1.807) is 18.3 Å². The first-order valence-corrected chi connectivity index (χ1v) is 18.8. The number of benzene rings is 2. The number of anilines is 1. The molecule has 4 aromatic rings. The molecular weight excluding hydrogens is 688 g/mol. The lowest BCUT2D eigenvalue weighted by atomic mass is 9.95. The van der Waals surface area contributed by atoms with Gasteiger partial charge in [0.1, 0.15) is 29.8 Å². The number of pyridine rings is 1. The number of hydrogen-bond donors (Lipinski definition) is 0. The van der Waals surface area contributed by atoms with E-state index in [0.29, 0.717) is 73.0 Å². The maximum Gasteiger partial charge on any atom is 0.319 e. The van der Waals surface area contributed by atoms with Crippen LogP contribution in [0.5, 0.6) is 6.01 Å². The number of halogens is 3. The molecule has 272 valence electrons. The van der Waals surface area contributed by atoms with Crippen molar-refractivity contribution in [3.63, 3.8) is 0 Å². The van der Waals surface area contributed by atoms with Gasteiger partial charge in [0, 0.05) is 86.0 Å². The highest BCUT2D eigenvalue weighted by Crippen LogP contribution is 2.43. The average Bonchev–Trinajstić information content (AvgIpc) is 3.77. The quantitative estimate of drug-likeness (QED) is 0.213. The highest BCUT2D eigenvalue weighted by Gasteiger charge is 2.49. The summed E-state index contributed by atoms with van der Waals surface area (Å²) in [4.78, 5) is 36.3. The fraction of sp³-hybridized carbons (Fsp3) is 0.487. The molecule has 4 atom stereocenters. The fourth-order valence-electron chi connectivity index (χ4n) is 9.23. The Kier molecular flexibility index (Phi) is 8.97. The summed E-state index contributed by atoms with van der Waals surface area (Å²) in [5.41, 5.74) is 0.397. The number of piperazine rings is 1. The van der Waals surface area contributed by atoms with Gasteiger partial charge in [-0.2, -0.15) is 9.97 Å². The van der Waals surface area contributed by atoms with Crippen molar-refractivity contribution in [2.45, 2.75) is 55.9 Å². The smallest absolute Gasteiger partial charge is 0.319 e. The zero-order valence-corrected chi connectivity index (χ0v) is 29.8. The topological polar surface area (TPSA) is 87.2 Å². The van der Waals surface area contributed by atoms with Gasteiger partial charge in [-0.05, 0) is 43.7 Å². The van der Waals surface area contributed by atoms with Crippen LogP contribution in [-0.4, -0.2) is 125 Å². The van der Waals surface area contributed by atoms with Gasteiger partial charge in [-0.3, -0.25) is 19.6 Å². The number of carbonyl (C=O) groups excluding carboxylic acids is 1. The Balaban J connectivity index is 1.06. The van der Waals surface area contributed by atoms with Gasteiger partial charge in [0.2, 0.25) is 5.91 Å². The van der Waals surface area contributed by atoms with Crippen LogP contribution in [0.1, 0.15) is 32.1 Å².